The first-order valence-corrected chi connectivity index (χ1v) is 7.70. The van der Waals surface area contributed by atoms with Crippen LogP contribution in [0.15, 0.2) is 48.8 Å². The molecule has 4 rings (SSSR count). The number of ketones is 1. The maximum absolute atomic E-state index is 12.9. The smallest absolute Gasteiger partial charge is 0.168 e. The van der Waals surface area contributed by atoms with Crippen LogP contribution < -0.4 is 0 Å². The molecule has 1 aromatic carbocycles. The van der Waals surface area contributed by atoms with Gasteiger partial charge in [-0.2, -0.15) is 5.10 Å². The minimum absolute atomic E-state index is 0.00769. The molecule has 2 heterocycles. The summed E-state index contributed by atoms with van der Waals surface area (Å²) >= 11 is 0. The monoisotopic (exact) mass is 309 g/mol. The van der Waals surface area contributed by atoms with E-state index in [-0.39, 0.29) is 18.0 Å². The largest absolute Gasteiger partial charge is 0.306 e. The molecule has 5 heteroatoms. The van der Waals surface area contributed by atoms with Gasteiger partial charge in [0.25, 0.3) is 0 Å². The lowest BCUT2D eigenvalue weighted by atomic mass is 10.1. The van der Waals surface area contributed by atoms with Crippen LogP contribution in [0.1, 0.15) is 40.4 Å². The van der Waals surface area contributed by atoms with E-state index < -0.39 is 0 Å². The van der Waals surface area contributed by atoms with Gasteiger partial charge in [-0.1, -0.05) is 12.1 Å². The van der Waals surface area contributed by atoms with E-state index in [1.54, 1.807) is 24.4 Å². The van der Waals surface area contributed by atoms with Gasteiger partial charge in [-0.3, -0.25) is 9.89 Å². The van der Waals surface area contributed by atoms with Crippen LogP contribution in [0.2, 0.25) is 0 Å². The molecule has 1 saturated carbocycles. The van der Waals surface area contributed by atoms with Gasteiger partial charge >= 0.3 is 0 Å². The van der Waals surface area contributed by atoms with Crippen LogP contribution in [0.5, 0.6) is 0 Å². The summed E-state index contributed by atoms with van der Waals surface area (Å²) in [6, 6.07) is 9.84. The molecule has 0 radical (unpaired) electrons. The van der Waals surface area contributed by atoms with Crippen LogP contribution in [0.3, 0.4) is 0 Å². The summed E-state index contributed by atoms with van der Waals surface area (Å²) in [6.07, 6.45) is 6.32. The quantitative estimate of drug-likeness (QED) is 0.732. The maximum Gasteiger partial charge on any atom is 0.168 e. The molecule has 116 valence electrons. The average Bonchev–Trinajstić information content (AvgIpc) is 3.09. The molecule has 0 amide bonds. The summed E-state index contributed by atoms with van der Waals surface area (Å²) in [6.45, 7) is 0. The zero-order chi connectivity index (χ0) is 15.8. The normalized spacial score (nSPS) is 14.1. The number of carbonyl (C=O) groups excluding carboxylic acids is 1. The number of halogens is 1. The highest BCUT2D eigenvalue weighted by Crippen LogP contribution is 2.39. The van der Waals surface area contributed by atoms with E-state index in [2.05, 4.69) is 10.2 Å². The molecule has 1 fully saturated rings. The second-order valence-corrected chi connectivity index (χ2v) is 5.99. The Morgan fingerprint density at radius 1 is 1.26 bits per heavy atom. The van der Waals surface area contributed by atoms with Gasteiger partial charge in [0.15, 0.2) is 11.6 Å². The van der Waals surface area contributed by atoms with E-state index in [1.165, 1.54) is 25.0 Å². The highest BCUT2D eigenvalue weighted by molar-refractivity contribution is 5.97. The molecular formula is C18H16FN3O. The standard InChI is InChI=1S/C18H16FN3O/c19-15-5-1-12(2-6-15)9-17(23)14-7-8-22(11-14)18-10-16(20-21-18)13-3-4-13/h1-2,5-8,10-11,13H,3-4,9H2,(H,20,21). The summed E-state index contributed by atoms with van der Waals surface area (Å²) in [7, 11) is 0. The Bertz CT molecular complexity index is 843. The SMILES string of the molecule is O=C(Cc1ccc(F)cc1)c1ccn(-c2cc(C3CC3)[nH]n2)c1. The van der Waals surface area contributed by atoms with Crippen LogP contribution in [0.4, 0.5) is 4.39 Å². The third-order valence-electron chi connectivity index (χ3n) is 4.16. The third-order valence-corrected chi connectivity index (χ3v) is 4.16. The van der Waals surface area contributed by atoms with Crippen LogP contribution in [-0.4, -0.2) is 20.5 Å². The van der Waals surface area contributed by atoms with Crippen LogP contribution in [-0.2, 0) is 6.42 Å². The molecule has 0 spiro atoms. The number of carbonyl (C=O) groups is 1. The number of aromatic amines is 1. The number of benzene rings is 1. The summed E-state index contributed by atoms with van der Waals surface area (Å²) in [4.78, 5) is 12.3. The molecule has 0 bridgehead atoms. The van der Waals surface area contributed by atoms with Crippen molar-refractivity contribution in [3.05, 3.63) is 71.4 Å². The van der Waals surface area contributed by atoms with Crippen molar-refractivity contribution >= 4 is 5.78 Å². The molecule has 0 saturated heterocycles. The van der Waals surface area contributed by atoms with E-state index in [0.29, 0.717) is 11.5 Å². The van der Waals surface area contributed by atoms with Gasteiger partial charge in [-0.15, -0.1) is 0 Å². The van der Waals surface area contributed by atoms with Crippen molar-refractivity contribution in [3.8, 4) is 5.82 Å². The Kier molecular flexibility index (Phi) is 3.33. The Hall–Kier alpha value is -2.69. The first-order chi connectivity index (χ1) is 11.2. The van der Waals surface area contributed by atoms with E-state index in [4.69, 9.17) is 0 Å². The first-order valence-electron chi connectivity index (χ1n) is 7.70. The van der Waals surface area contributed by atoms with Gasteiger partial charge in [0.05, 0.1) is 0 Å². The van der Waals surface area contributed by atoms with E-state index >= 15 is 0 Å². The van der Waals surface area contributed by atoms with Gasteiger partial charge in [0, 0.05) is 42.1 Å². The molecule has 3 aromatic rings. The molecule has 4 nitrogen and oxygen atoms in total. The molecule has 0 unspecified atom stereocenters. The number of hydrogen-bond donors (Lipinski definition) is 1. The minimum Gasteiger partial charge on any atom is -0.306 e. The van der Waals surface area contributed by atoms with Crippen molar-refractivity contribution in [2.24, 2.45) is 0 Å². The minimum atomic E-state index is -0.294. The van der Waals surface area contributed by atoms with E-state index in [0.717, 1.165) is 17.1 Å². The second-order valence-electron chi connectivity index (χ2n) is 5.99. The van der Waals surface area contributed by atoms with Crippen molar-refractivity contribution in [1.82, 2.24) is 14.8 Å². The fraction of sp³-hybridized carbons (Fsp3) is 0.222. The Morgan fingerprint density at radius 3 is 2.78 bits per heavy atom. The van der Waals surface area contributed by atoms with Crippen molar-refractivity contribution in [2.75, 3.05) is 0 Å². The predicted octanol–water partition coefficient (Wildman–Crippen LogP) is 3.64. The lowest BCUT2D eigenvalue weighted by molar-refractivity contribution is 0.0993. The number of Topliss-reactive ketones (excluding diaryl/α,β-unsaturated/α-hetero) is 1. The zero-order valence-electron chi connectivity index (χ0n) is 12.5. The van der Waals surface area contributed by atoms with Crippen molar-refractivity contribution in [1.29, 1.82) is 0 Å². The van der Waals surface area contributed by atoms with Crippen molar-refractivity contribution in [3.63, 3.8) is 0 Å². The Balaban J connectivity index is 1.49. The summed E-state index contributed by atoms with van der Waals surface area (Å²) in [5, 5.41) is 7.36. The molecule has 0 aliphatic heterocycles. The van der Waals surface area contributed by atoms with Gasteiger partial charge < -0.3 is 4.57 Å². The number of H-pyrrole nitrogens is 1. The number of hydrogen-bond acceptors (Lipinski definition) is 2. The fourth-order valence-electron chi connectivity index (χ4n) is 2.65. The molecular weight excluding hydrogens is 293 g/mol. The third kappa shape index (κ3) is 2.95. The summed E-state index contributed by atoms with van der Waals surface area (Å²) in [5.74, 6) is 1.13. The maximum atomic E-state index is 12.9. The Labute approximate surface area is 133 Å². The molecule has 0 atom stereocenters. The number of nitrogens with zero attached hydrogens (tertiary/aromatic N) is 2. The molecule has 2 aromatic heterocycles. The highest BCUT2D eigenvalue weighted by atomic mass is 19.1. The second kappa shape index (κ2) is 5.50. The summed E-state index contributed by atoms with van der Waals surface area (Å²) in [5.41, 5.74) is 2.60. The van der Waals surface area contributed by atoms with Crippen LogP contribution in [0.25, 0.3) is 5.82 Å². The van der Waals surface area contributed by atoms with E-state index in [9.17, 15) is 9.18 Å². The number of rotatable bonds is 5. The first kappa shape index (κ1) is 13.9. The summed E-state index contributed by atoms with van der Waals surface area (Å²) < 4.78 is 14.8. The molecule has 1 aliphatic carbocycles. The highest BCUT2D eigenvalue weighted by Gasteiger charge is 2.25. The van der Waals surface area contributed by atoms with Gasteiger partial charge in [0.1, 0.15) is 5.82 Å². The van der Waals surface area contributed by atoms with Crippen LogP contribution in [0, 0.1) is 5.82 Å². The fourth-order valence-corrected chi connectivity index (χ4v) is 2.65. The number of aromatic nitrogens is 3. The van der Waals surface area contributed by atoms with Crippen LogP contribution >= 0.6 is 0 Å². The van der Waals surface area contributed by atoms with Gasteiger partial charge in [0.2, 0.25) is 0 Å². The van der Waals surface area contributed by atoms with Gasteiger partial charge in [-0.05, 0) is 36.6 Å². The lowest BCUT2D eigenvalue weighted by Gasteiger charge is -1.99. The molecule has 1 N–H and O–H groups in total. The van der Waals surface area contributed by atoms with Crippen molar-refractivity contribution in [2.45, 2.75) is 25.2 Å². The average molecular weight is 309 g/mol. The zero-order valence-corrected chi connectivity index (χ0v) is 12.5. The Morgan fingerprint density at radius 2 is 2.04 bits per heavy atom. The predicted molar refractivity (Wildman–Crippen MR) is 84.3 cm³/mol. The number of nitrogens with one attached hydrogen (secondary N) is 1. The molecule has 23 heavy (non-hydrogen) atoms. The topological polar surface area (TPSA) is 50.7 Å². The van der Waals surface area contributed by atoms with Gasteiger partial charge in [-0.25, -0.2) is 4.39 Å². The van der Waals surface area contributed by atoms with E-state index in [1.807, 2.05) is 16.8 Å². The van der Waals surface area contributed by atoms with Crippen molar-refractivity contribution < 1.29 is 9.18 Å². The lowest BCUT2D eigenvalue weighted by Crippen LogP contribution is -2.02. The molecule has 1 aliphatic rings.